The SMILES string of the molecule is CCc1cc(SCc2ccnc3oc(-c4ccc(C(F)(F)F)cc4)nc23)ccc1OCC(=O)O. The average Bonchev–Trinajstić information content (AvgIpc) is 3.26. The Morgan fingerprint density at radius 3 is 2.56 bits per heavy atom. The Morgan fingerprint density at radius 1 is 1.12 bits per heavy atom. The van der Waals surface area contributed by atoms with E-state index >= 15 is 0 Å². The monoisotopic (exact) mass is 488 g/mol. The molecular formula is C24H19F3N2O4S. The molecule has 4 aromatic rings. The Morgan fingerprint density at radius 2 is 1.88 bits per heavy atom. The number of thioether (sulfide) groups is 1. The van der Waals surface area contributed by atoms with Crippen LogP contribution in [0.25, 0.3) is 22.7 Å². The van der Waals surface area contributed by atoms with Gasteiger partial charge >= 0.3 is 12.1 Å². The number of fused-ring (bicyclic) bond motifs is 1. The van der Waals surface area contributed by atoms with Crippen LogP contribution in [0.5, 0.6) is 5.75 Å². The molecule has 6 nitrogen and oxygen atoms in total. The minimum Gasteiger partial charge on any atom is -0.482 e. The number of nitrogens with zero attached hydrogens (tertiary/aromatic N) is 2. The molecule has 4 rings (SSSR count). The van der Waals surface area contributed by atoms with Crippen LogP contribution in [-0.2, 0) is 23.1 Å². The molecule has 10 heteroatoms. The van der Waals surface area contributed by atoms with Crippen LogP contribution >= 0.6 is 11.8 Å². The molecule has 2 aromatic carbocycles. The van der Waals surface area contributed by atoms with Crippen molar-refractivity contribution in [1.82, 2.24) is 9.97 Å². The van der Waals surface area contributed by atoms with Gasteiger partial charge in [-0.1, -0.05) is 6.92 Å². The third-order valence-electron chi connectivity index (χ3n) is 5.00. The van der Waals surface area contributed by atoms with Crippen LogP contribution in [0.2, 0.25) is 0 Å². The molecule has 0 saturated heterocycles. The van der Waals surface area contributed by atoms with Crippen molar-refractivity contribution in [1.29, 1.82) is 0 Å². The maximum absolute atomic E-state index is 12.8. The van der Waals surface area contributed by atoms with Gasteiger partial charge in [0.15, 0.2) is 6.61 Å². The number of ether oxygens (including phenoxy) is 1. The number of carbonyl (C=O) groups is 1. The second-order valence-electron chi connectivity index (χ2n) is 7.31. The van der Waals surface area contributed by atoms with E-state index in [-0.39, 0.29) is 5.89 Å². The quantitative estimate of drug-likeness (QED) is 0.294. The van der Waals surface area contributed by atoms with Gasteiger partial charge in [0.25, 0.3) is 0 Å². The molecule has 0 saturated carbocycles. The summed E-state index contributed by atoms with van der Waals surface area (Å²) in [7, 11) is 0. The van der Waals surface area contributed by atoms with Crippen molar-refractivity contribution in [2.24, 2.45) is 0 Å². The lowest BCUT2D eigenvalue weighted by Crippen LogP contribution is -2.10. The molecule has 0 fully saturated rings. The molecule has 0 amide bonds. The van der Waals surface area contributed by atoms with E-state index in [0.717, 1.165) is 28.2 Å². The van der Waals surface area contributed by atoms with E-state index in [1.165, 1.54) is 12.1 Å². The standard InChI is InChI=1S/C24H19F3N2O4S/c1-2-14-11-18(7-8-19(14)32-12-20(30)31)34-13-16-9-10-28-23-21(16)29-22(33-23)15-3-5-17(6-4-15)24(25,26)27/h3-11H,2,12-13H2,1H3,(H,30,31). The van der Waals surface area contributed by atoms with Gasteiger partial charge in [-0.2, -0.15) is 13.2 Å². The number of hydrogen-bond donors (Lipinski definition) is 1. The first-order valence-corrected chi connectivity index (χ1v) is 11.3. The molecule has 1 N–H and O–H groups in total. The van der Waals surface area contributed by atoms with Crippen LogP contribution < -0.4 is 4.74 Å². The van der Waals surface area contributed by atoms with Gasteiger partial charge in [-0.05, 0) is 66.1 Å². The third kappa shape index (κ3) is 5.33. The Balaban J connectivity index is 1.53. The molecule has 176 valence electrons. The molecular weight excluding hydrogens is 469 g/mol. The number of halogens is 3. The number of hydrogen-bond acceptors (Lipinski definition) is 6. The number of alkyl halides is 3. The Bertz CT molecular complexity index is 1320. The summed E-state index contributed by atoms with van der Waals surface area (Å²) in [5.74, 6) is 0.252. The van der Waals surface area contributed by atoms with Gasteiger partial charge in [0.05, 0.1) is 5.56 Å². The van der Waals surface area contributed by atoms with Crippen molar-refractivity contribution in [3.63, 3.8) is 0 Å². The number of carboxylic acid groups (broad SMARTS) is 1. The average molecular weight is 488 g/mol. The molecule has 0 bridgehead atoms. The summed E-state index contributed by atoms with van der Waals surface area (Å²) in [5, 5.41) is 8.82. The number of carboxylic acids is 1. The summed E-state index contributed by atoms with van der Waals surface area (Å²) >= 11 is 1.55. The first-order valence-electron chi connectivity index (χ1n) is 10.3. The number of rotatable bonds is 8. The number of benzene rings is 2. The lowest BCUT2D eigenvalue weighted by Gasteiger charge is -2.11. The summed E-state index contributed by atoms with van der Waals surface area (Å²) in [6.07, 6.45) is -2.13. The van der Waals surface area contributed by atoms with Crippen LogP contribution in [0, 0.1) is 0 Å². The fraction of sp³-hybridized carbons (Fsp3) is 0.208. The van der Waals surface area contributed by atoms with Crippen LogP contribution in [0.4, 0.5) is 13.2 Å². The molecule has 0 spiro atoms. The lowest BCUT2D eigenvalue weighted by atomic mass is 10.1. The Kier molecular flexibility index (Phi) is 6.78. The zero-order chi connectivity index (χ0) is 24.3. The molecule has 0 radical (unpaired) electrons. The van der Waals surface area contributed by atoms with Gasteiger partial charge in [0.2, 0.25) is 11.6 Å². The lowest BCUT2D eigenvalue weighted by molar-refractivity contribution is -0.139. The van der Waals surface area contributed by atoms with Gasteiger partial charge in [0, 0.05) is 22.4 Å². The summed E-state index contributed by atoms with van der Waals surface area (Å²) in [4.78, 5) is 20.4. The van der Waals surface area contributed by atoms with E-state index < -0.39 is 24.3 Å². The number of oxazole rings is 1. The highest BCUT2D eigenvalue weighted by molar-refractivity contribution is 7.98. The highest BCUT2D eigenvalue weighted by Gasteiger charge is 2.30. The van der Waals surface area contributed by atoms with Crippen molar-refractivity contribution in [2.45, 2.75) is 30.2 Å². The highest BCUT2D eigenvalue weighted by atomic mass is 32.2. The predicted octanol–water partition coefficient (Wildman–Crippen LogP) is 6.23. The summed E-state index contributed by atoms with van der Waals surface area (Å²) in [5.41, 5.74) is 2.29. The van der Waals surface area contributed by atoms with Gasteiger partial charge < -0.3 is 14.3 Å². The van der Waals surface area contributed by atoms with E-state index in [0.29, 0.717) is 34.7 Å². The fourth-order valence-corrected chi connectivity index (χ4v) is 4.23. The first kappa shape index (κ1) is 23.6. The van der Waals surface area contributed by atoms with E-state index in [1.807, 2.05) is 25.1 Å². The summed E-state index contributed by atoms with van der Waals surface area (Å²) in [6, 6.07) is 12.0. The first-order chi connectivity index (χ1) is 16.2. The van der Waals surface area contributed by atoms with E-state index in [1.54, 1.807) is 24.0 Å². The topological polar surface area (TPSA) is 85.5 Å². The largest absolute Gasteiger partial charge is 0.482 e. The van der Waals surface area contributed by atoms with Crippen LogP contribution in [0.1, 0.15) is 23.6 Å². The van der Waals surface area contributed by atoms with E-state index in [2.05, 4.69) is 9.97 Å². The maximum Gasteiger partial charge on any atom is 0.416 e. The smallest absolute Gasteiger partial charge is 0.416 e. The van der Waals surface area contributed by atoms with Crippen molar-refractivity contribution in [3.05, 3.63) is 71.4 Å². The van der Waals surface area contributed by atoms with Crippen molar-refractivity contribution in [3.8, 4) is 17.2 Å². The molecule has 0 aliphatic carbocycles. The van der Waals surface area contributed by atoms with Gasteiger partial charge in [-0.15, -0.1) is 11.8 Å². The highest BCUT2D eigenvalue weighted by Crippen LogP contribution is 2.33. The van der Waals surface area contributed by atoms with Crippen LogP contribution in [0.15, 0.2) is 64.0 Å². The third-order valence-corrected chi connectivity index (χ3v) is 6.04. The molecule has 0 aliphatic heterocycles. The second kappa shape index (κ2) is 9.76. The molecule has 2 aromatic heterocycles. The molecule has 0 aliphatic rings. The van der Waals surface area contributed by atoms with Crippen LogP contribution in [-0.4, -0.2) is 27.7 Å². The second-order valence-corrected chi connectivity index (χ2v) is 8.36. The van der Waals surface area contributed by atoms with Gasteiger partial charge in [-0.25, -0.2) is 14.8 Å². The van der Waals surface area contributed by atoms with Gasteiger partial charge in [0.1, 0.15) is 11.3 Å². The predicted molar refractivity (Wildman–Crippen MR) is 121 cm³/mol. The number of aliphatic carboxylic acids is 1. The Labute approximate surface area is 196 Å². The van der Waals surface area contributed by atoms with E-state index in [4.69, 9.17) is 14.3 Å². The van der Waals surface area contributed by atoms with Crippen molar-refractivity contribution >= 4 is 29.0 Å². The van der Waals surface area contributed by atoms with Crippen molar-refractivity contribution in [2.75, 3.05) is 6.61 Å². The van der Waals surface area contributed by atoms with E-state index in [9.17, 15) is 18.0 Å². The zero-order valence-electron chi connectivity index (χ0n) is 17.9. The molecule has 0 unspecified atom stereocenters. The summed E-state index contributed by atoms with van der Waals surface area (Å²) in [6.45, 7) is 1.56. The number of pyridine rings is 1. The van der Waals surface area contributed by atoms with Crippen molar-refractivity contribution < 1.29 is 32.2 Å². The summed E-state index contributed by atoms with van der Waals surface area (Å²) < 4.78 is 49.5. The normalized spacial score (nSPS) is 11.6. The van der Waals surface area contributed by atoms with Gasteiger partial charge in [-0.3, -0.25) is 0 Å². The minimum atomic E-state index is -4.41. The molecule has 0 atom stereocenters. The molecule has 2 heterocycles. The minimum absolute atomic E-state index is 0.196. The number of aryl methyl sites for hydroxylation is 1. The zero-order valence-corrected chi connectivity index (χ0v) is 18.7. The fourth-order valence-electron chi connectivity index (χ4n) is 3.29. The number of aromatic nitrogens is 2. The van der Waals surface area contributed by atoms with Crippen LogP contribution in [0.3, 0.4) is 0 Å². The maximum atomic E-state index is 12.8. The Hall–Kier alpha value is -3.53. The molecule has 34 heavy (non-hydrogen) atoms.